The van der Waals surface area contributed by atoms with E-state index >= 15 is 4.39 Å². The first-order valence-electron chi connectivity index (χ1n) is 9.60. The fourth-order valence-electron chi connectivity index (χ4n) is 4.59. The van der Waals surface area contributed by atoms with E-state index in [1.807, 2.05) is 26.0 Å². The molecule has 0 saturated heterocycles. The minimum absolute atomic E-state index is 0.00922. The van der Waals surface area contributed by atoms with Gasteiger partial charge in [-0.25, -0.2) is 4.39 Å². The Morgan fingerprint density at radius 3 is 2.52 bits per heavy atom. The maximum Gasteiger partial charge on any atom is 0.237 e. The number of hydrogen-bond donors (Lipinski definition) is 0. The fraction of sp³-hybridized carbons (Fsp3) is 0.455. The van der Waals surface area contributed by atoms with E-state index in [0.717, 1.165) is 36.9 Å². The van der Waals surface area contributed by atoms with E-state index in [4.69, 9.17) is 0 Å². The van der Waals surface area contributed by atoms with Gasteiger partial charge in [0.1, 0.15) is 17.6 Å². The van der Waals surface area contributed by atoms with Crippen molar-refractivity contribution in [3.8, 4) is 17.3 Å². The number of fused-ring (bicyclic) bond motifs is 1. The summed E-state index contributed by atoms with van der Waals surface area (Å²) in [6, 6.07) is 9.20. The molecule has 0 bridgehead atoms. The molecule has 2 heterocycles. The van der Waals surface area contributed by atoms with E-state index in [1.54, 1.807) is 22.6 Å². The predicted octanol–water partition coefficient (Wildman–Crippen LogP) is 4.66. The summed E-state index contributed by atoms with van der Waals surface area (Å²) >= 11 is 0. The van der Waals surface area contributed by atoms with Gasteiger partial charge >= 0.3 is 0 Å². The Morgan fingerprint density at radius 1 is 1.19 bits per heavy atom. The molecule has 1 aromatic heterocycles. The van der Waals surface area contributed by atoms with Gasteiger partial charge in [0, 0.05) is 24.3 Å². The molecule has 2 aliphatic rings. The van der Waals surface area contributed by atoms with E-state index < -0.39 is 5.41 Å². The zero-order valence-corrected chi connectivity index (χ0v) is 16.1. The number of halogens is 1. The molecule has 0 atom stereocenters. The summed E-state index contributed by atoms with van der Waals surface area (Å²) in [5.41, 5.74) is 2.43. The van der Waals surface area contributed by atoms with Gasteiger partial charge in [-0.05, 0) is 56.5 Å². The first kappa shape index (κ1) is 17.8. The lowest BCUT2D eigenvalue weighted by atomic mass is 9.85. The van der Waals surface area contributed by atoms with Crippen molar-refractivity contribution in [2.75, 3.05) is 4.90 Å². The number of carbonyl (C=O) groups is 1. The Hall–Kier alpha value is -2.61. The minimum Gasteiger partial charge on any atom is -0.335 e. The molecule has 5 heteroatoms. The van der Waals surface area contributed by atoms with Crippen molar-refractivity contribution in [3.63, 3.8) is 0 Å². The van der Waals surface area contributed by atoms with Crippen molar-refractivity contribution in [1.82, 2.24) is 4.57 Å². The summed E-state index contributed by atoms with van der Waals surface area (Å²) in [5, 5.41) is 9.19. The van der Waals surface area contributed by atoms with Gasteiger partial charge in [-0.15, -0.1) is 0 Å². The third-order valence-corrected chi connectivity index (χ3v) is 6.20. The van der Waals surface area contributed by atoms with Crippen LogP contribution in [0.2, 0.25) is 0 Å². The smallest absolute Gasteiger partial charge is 0.237 e. The Kier molecular flexibility index (Phi) is 4.10. The Labute approximate surface area is 159 Å². The third kappa shape index (κ3) is 2.58. The summed E-state index contributed by atoms with van der Waals surface area (Å²) in [7, 11) is 1.80. The molecule has 1 fully saturated rings. The van der Waals surface area contributed by atoms with Crippen molar-refractivity contribution in [2.45, 2.75) is 57.4 Å². The molecule has 4 rings (SSSR count). The van der Waals surface area contributed by atoms with Crippen LogP contribution in [0.4, 0.5) is 10.1 Å². The van der Waals surface area contributed by atoms with Crippen molar-refractivity contribution < 1.29 is 9.18 Å². The first-order valence-corrected chi connectivity index (χ1v) is 9.60. The van der Waals surface area contributed by atoms with Crippen LogP contribution in [0.25, 0.3) is 11.3 Å². The summed E-state index contributed by atoms with van der Waals surface area (Å²) < 4.78 is 17.1. The van der Waals surface area contributed by atoms with Gasteiger partial charge < -0.3 is 9.47 Å². The molecule has 1 amide bonds. The number of rotatable bonds is 2. The second-order valence-corrected chi connectivity index (χ2v) is 8.22. The van der Waals surface area contributed by atoms with Gasteiger partial charge in [-0.2, -0.15) is 5.26 Å². The minimum atomic E-state index is -0.757. The highest BCUT2D eigenvalue weighted by atomic mass is 19.1. The summed E-state index contributed by atoms with van der Waals surface area (Å²) in [5.74, 6) is -0.364. The monoisotopic (exact) mass is 365 g/mol. The summed E-state index contributed by atoms with van der Waals surface area (Å²) in [4.78, 5) is 14.9. The maximum absolute atomic E-state index is 15.3. The Morgan fingerprint density at radius 2 is 1.89 bits per heavy atom. The highest BCUT2D eigenvalue weighted by Gasteiger charge is 2.48. The lowest BCUT2D eigenvalue weighted by Gasteiger charge is -2.32. The SMILES string of the molecule is Cn1c(C#N)ccc1-c1cc(F)c2c(c1)C(C)(C)C(=O)N2C1CCCCC1. The molecule has 2 aromatic rings. The van der Waals surface area contributed by atoms with Crippen LogP contribution < -0.4 is 4.90 Å². The van der Waals surface area contributed by atoms with Crippen molar-refractivity contribution in [2.24, 2.45) is 7.05 Å². The second-order valence-electron chi connectivity index (χ2n) is 8.22. The van der Waals surface area contributed by atoms with E-state index in [-0.39, 0.29) is 17.8 Å². The lowest BCUT2D eigenvalue weighted by molar-refractivity contribution is -0.122. The molecule has 0 spiro atoms. The van der Waals surface area contributed by atoms with Crippen LogP contribution in [0, 0.1) is 17.1 Å². The average molecular weight is 365 g/mol. The van der Waals surface area contributed by atoms with Crippen LogP contribution in [0.3, 0.4) is 0 Å². The highest BCUT2D eigenvalue weighted by molar-refractivity contribution is 6.08. The van der Waals surface area contributed by atoms with E-state index in [1.165, 1.54) is 12.5 Å². The number of aromatic nitrogens is 1. The molecular weight excluding hydrogens is 341 g/mol. The molecule has 140 valence electrons. The van der Waals surface area contributed by atoms with Gasteiger partial charge in [-0.1, -0.05) is 19.3 Å². The van der Waals surface area contributed by atoms with Gasteiger partial charge in [0.15, 0.2) is 0 Å². The van der Waals surface area contributed by atoms with Crippen LogP contribution >= 0.6 is 0 Å². The van der Waals surface area contributed by atoms with Crippen LogP contribution in [-0.4, -0.2) is 16.5 Å². The molecule has 1 aliphatic carbocycles. The number of benzene rings is 1. The second kappa shape index (κ2) is 6.23. The van der Waals surface area contributed by atoms with Crippen molar-refractivity contribution in [1.29, 1.82) is 5.26 Å². The molecule has 27 heavy (non-hydrogen) atoms. The molecule has 0 N–H and O–H groups in total. The summed E-state index contributed by atoms with van der Waals surface area (Å²) in [6.07, 6.45) is 5.23. The Balaban J connectivity index is 1.86. The van der Waals surface area contributed by atoms with Gasteiger partial charge in [0.25, 0.3) is 0 Å². The lowest BCUT2D eigenvalue weighted by Crippen LogP contribution is -2.44. The van der Waals surface area contributed by atoms with Crippen LogP contribution in [0.15, 0.2) is 24.3 Å². The van der Waals surface area contributed by atoms with E-state index in [9.17, 15) is 10.1 Å². The highest BCUT2D eigenvalue weighted by Crippen LogP contribution is 2.47. The van der Waals surface area contributed by atoms with E-state index in [0.29, 0.717) is 16.9 Å². The largest absolute Gasteiger partial charge is 0.335 e. The van der Waals surface area contributed by atoms with Crippen LogP contribution in [0.5, 0.6) is 0 Å². The number of nitriles is 1. The molecule has 1 aliphatic heterocycles. The molecule has 0 unspecified atom stereocenters. The van der Waals surface area contributed by atoms with Crippen molar-refractivity contribution in [3.05, 3.63) is 41.3 Å². The zero-order chi connectivity index (χ0) is 19.3. The quantitative estimate of drug-likeness (QED) is 0.777. The topological polar surface area (TPSA) is 49.0 Å². The number of anilines is 1. The average Bonchev–Trinajstić information content (AvgIpc) is 3.12. The molecule has 0 radical (unpaired) electrons. The Bertz CT molecular complexity index is 961. The zero-order valence-electron chi connectivity index (χ0n) is 16.1. The van der Waals surface area contributed by atoms with Gasteiger partial charge in [0.2, 0.25) is 5.91 Å². The number of amides is 1. The first-order chi connectivity index (χ1) is 12.9. The predicted molar refractivity (Wildman–Crippen MR) is 103 cm³/mol. The number of carbonyl (C=O) groups excluding carboxylic acids is 1. The molecule has 1 aromatic carbocycles. The van der Waals surface area contributed by atoms with Crippen LogP contribution in [0.1, 0.15) is 57.2 Å². The maximum atomic E-state index is 15.3. The number of nitrogens with zero attached hydrogens (tertiary/aromatic N) is 3. The number of hydrogen-bond acceptors (Lipinski definition) is 2. The third-order valence-electron chi connectivity index (χ3n) is 6.20. The van der Waals surface area contributed by atoms with Crippen LogP contribution in [-0.2, 0) is 17.3 Å². The molecule has 1 saturated carbocycles. The molecular formula is C22H24FN3O. The van der Waals surface area contributed by atoms with E-state index in [2.05, 4.69) is 6.07 Å². The summed E-state index contributed by atoms with van der Waals surface area (Å²) in [6.45, 7) is 3.76. The normalized spacial score (nSPS) is 19.2. The van der Waals surface area contributed by atoms with Crippen molar-refractivity contribution >= 4 is 11.6 Å². The molecule has 4 nitrogen and oxygen atoms in total. The van der Waals surface area contributed by atoms with Gasteiger partial charge in [-0.3, -0.25) is 4.79 Å². The fourth-order valence-corrected chi connectivity index (χ4v) is 4.59. The standard InChI is InChI=1S/C22H24FN3O/c1-22(2)17-11-14(19-10-9-16(13-24)25(19)3)12-18(23)20(17)26(21(22)27)15-7-5-4-6-8-15/h9-12,15H,4-8H2,1-3H3. The van der Waals surface area contributed by atoms with Gasteiger partial charge in [0.05, 0.1) is 11.1 Å².